The third-order valence-electron chi connectivity index (χ3n) is 5.60. The maximum Gasteiger partial charge on any atom is 0.254 e. The number of carbonyl (C=O) groups is 1. The largest absolute Gasteiger partial charge is 0.393 e. The summed E-state index contributed by atoms with van der Waals surface area (Å²) in [5, 5.41) is 16.4. The van der Waals surface area contributed by atoms with Gasteiger partial charge in [-0.1, -0.05) is 6.92 Å². The van der Waals surface area contributed by atoms with E-state index in [1.54, 1.807) is 0 Å². The molecule has 3 rings (SSSR count). The van der Waals surface area contributed by atoms with Gasteiger partial charge in [0.2, 0.25) is 11.9 Å². The van der Waals surface area contributed by atoms with Crippen molar-refractivity contribution in [3.63, 3.8) is 0 Å². The lowest BCUT2D eigenvalue weighted by Gasteiger charge is -2.32. The van der Waals surface area contributed by atoms with Gasteiger partial charge >= 0.3 is 0 Å². The minimum absolute atomic E-state index is 0.0228. The molecule has 0 bridgehead atoms. The number of halogens is 2. The average molecular weight is 383 g/mol. The summed E-state index contributed by atoms with van der Waals surface area (Å²) in [6, 6.07) is -0.153. The number of aliphatic hydroxyl groups excluding tert-OH is 1. The highest BCUT2D eigenvalue weighted by atomic mass is 19.3. The second-order valence-electron chi connectivity index (χ2n) is 7.79. The molecule has 1 aromatic rings. The molecule has 27 heavy (non-hydrogen) atoms. The fraction of sp³-hybridized carbons (Fsp3) is 0.722. The second kappa shape index (κ2) is 7.92. The van der Waals surface area contributed by atoms with Gasteiger partial charge in [-0.15, -0.1) is 0 Å². The molecule has 0 saturated heterocycles. The van der Waals surface area contributed by atoms with Gasteiger partial charge < -0.3 is 21.5 Å². The number of rotatable bonds is 5. The summed E-state index contributed by atoms with van der Waals surface area (Å²) in [4.78, 5) is 20.2. The van der Waals surface area contributed by atoms with Gasteiger partial charge in [0.05, 0.1) is 11.7 Å². The number of carbonyl (C=O) groups excluding carboxylic acids is 1. The Labute approximate surface area is 157 Å². The number of nitrogens with two attached hydrogens (primary N) is 1. The van der Waals surface area contributed by atoms with E-state index in [1.165, 1.54) is 6.20 Å². The fourth-order valence-electron chi connectivity index (χ4n) is 3.73. The Morgan fingerprint density at radius 2 is 1.93 bits per heavy atom. The van der Waals surface area contributed by atoms with Crippen molar-refractivity contribution < 1.29 is 18.7 Å². The van der Waals surface area contributed by atoms with E-state index in [-0.39, 0.29) is 42.4 Å². The van der Waals surface area contributed by atoms with Crippen LogP contribution in [0.15, 0.2) is 6.20 Å². The number of anilines is 2. The summed E-state index contributed by atoms with van der Waals surface area (Å²) in [7, 11) is 0. The van der Waals surface area contributed by atoms with Crippen LogP contribution < -0.4 is 16.4 Å². The van der Waals surface area contributed by atoms with Crippen molar-refractivity contribution in [1.29, 1.82) is 0 Å². The summed E-state index contributed by atoms with van der Waals surface area (Å²) in [5.74, 6) is -2.41. The molecule has 2 aliphatic rings. The molecular weight excluding hydrogens is 356 g/mol. The predicted octanol–water partition coefficient (Wildman–Crippen LogP) is 2.53. The van der Waals surface area contributed by atoms with Crippen molar-refractivity contribution in [2.75, 3.05) is 10.6 Å². The monoisotopic (exact) mass is 383 g/mol. The van der Waals surface area contributed by atoms with Gasteiger partial charge in [-0.3, -0.25) is 4.79 Å². The maximum atomic E-state index is 13.3. The van der Waals surface area contributed by atoms with Crippen LogP contribution in [0.5, 0.6) is 0 Å². The molecule has 2 aliphatic carbocycles. The van der Waals surface area contributed by atoms with Crippen molar-refractivity contribution in [2.45, 2.75) is 76.0 Å². The zero-order chi connectivity index (χ0) is 19.6. The number of hydrogen-bond acceptors (Lipinski definition) is 6. The molecule has 0 radical (unpaired) electrons. The van der Waals surface area contributed by atoms with Gasteiger partial charge in [-0.25, -0.2) is 13.8 Å². The average Bonchev–Trinajstić information content (AvgIpc) is 2.60. The maximum absolute atomic E-state index is 13.3. The van der Waals surface area contributed by atoms with E-state index in [1.807, 2.05) is 6.92 Å². The van der Waals surface area contributed by atoms with Crippen LogP contribution in [-0.4, -0.2) is 45.1 Å². The summed E-state index contributed by atoms with van der Waals surface area (Å²) in [6.45, 7) is 2.01. The van der Waals surface area contributed by atoms with Crippen molar-refractivity contribution in [2.24, 2.45) is 11.7 Å². The van der Waals surface area contributed by atoms with Gasteiger partial charge in [-0.2, -0.15) is 4.98 Å². The van der Waals surface area contributed by atoms with Crippen molar-refractivity contribution in [3.8, 4) is 0 Å². The van der Waals surface area contributed by atoms with Gasteiger partial charge in [0, 0.05) is 31.1 Å². The Balaban J connectivity index is 1.70. The first-order valence-electron chi connectivity index (χ1n) is 9.49. The Kier molecular flexibility index (Phi) is 5.78. The molecule has 1 amide bonds. The molecule has 1 aromatic heterocycles. The topological polar surface area (TPSA) is 113 Å². The fourth-order valence-corrected chi connectivity index (χ4v) is 3.73. The summed E-state index contributed by atoms with van der Waals surface area (Å²) >= 11 is 0. The predicted molar refractivity (Wildman–Crippen MR) is 97.8 cm³/mol. The normalized spacial score (nSPS) is 28.5. The van der Waals surface area contributed by atoms with Gasteiger partial charge in [-0.05, 0) is 38.0 Å². The molecule has 0 aromatic carbocycles. The lowest BCUT2D eigenvalue weighted by Crippen LogP contribution is -2.36. The number of aromatic nitrogens is 2. The minimum Gasteiger partial charge on any atom is -0.393 e. The van der Waals surface area contributed by atoms with E-state index in [9.17, 15) is 18.7 Å². The Bertz CT molecular complexity index is 678. The number of amides is 1. The molecule has 150 valence electrons. The quantitative estimate of drug-likeness (QED) is 0.621. The highest BCUT2D eigenvalue weighted by molar-refractivity contribution is 5.97. The van der Waals surface area contributed by atoms with Gasteiger partial charge in [0.1, 0.15) is 5.82 Å². The van der Waals surface area contributed by atoms with Crippen LogP contribution in [0.3, 0.4) is 0 Å². The molecule has 3 atom stereocenters. The Hall–Kier alpha value is -2.03. The van der Waals surface area contributed by atoms with Crippen LogP contribution in [0.25, 0.3) is 0 Å². The van der Waals surface area contributed by atoms with Crippen LogP contribution in [0.1, 0.15) is 62.2 Å². The van der Waals surface area contributed by atoms with Crippen molar-refractivity contribution >= 4 is 17.7 Å². The lowest BCUT2D eigenvalue weighted by molar-refractivity contribution is -0.0361. The van der Waals surface area contributed by atoms with E-state index >= 15 is 0 Å². The number of hydrogen-bond donors (Lipinski definition) is 4. The summed E-state index contributed by atoms with van der Waals surface area (Å²) in [6.07, 6.45) is 3.57. The van der Waals surface area contributed by atoms with Crippen molar-refractivity contribution in [3.05, 3.63) is 11.8 Å². The molecule has 5 N–H and O–H groups in total. The number of primary amides is 1. The third-order valence-corrected chi connectivity index (χ3v) is 5.60. The Morgan fingerprint density at radius 1 is 1.22 bits per heavy atom. The Morgan fingerprint density at radius 3 is 2.56 bits per heavy atom. The zero-order valence-corrected chi connectivity index (χ0v) is 15.4. The number of nitrogens with one attached hydrogen (secondary N) is 2. The molecule has 9 heteroatoms. The van der Waals surface area contributed by atoms with E-state index < -0.39 is 17.9 Å². The second-order valence-corrected chi connectivity index (χ2v) is 7.79. The highest BCUT2D eigenvalue weighted by Gasteiger charge is 2.35. The van der Waals surface area contributed by atoms with E-state index in [2.05, 4.69) is 20.6 Å². The first-order chi connectivity index (χ1) is 12.7. The molecule has 7 nitrogen and oxygen atoms in total. The molecule has 0 spiro atoms. The van der Waals surface area contributed by atoms with Gasteiger partial charge in [0.25, 0.3) is 5.91 Å². The first kappa shape index (κ1) is 19.7. The van der Waals surface area contributed by atoms with Crippen LogP contribution in [0.2, 0.25) is 0 Å². The molecule has 1 heterocycles. The first-order valence-corrected chi connectivity index (χ1v) is 9.49. The molecule has 2 saturated carbocycles. The molecule has 2 fully saturated rings. The zero-order valence-electron chi connectivity index (χ0n) is 15.4. The number of aliphatic hydroxyl groups is 1. The van der Waals surface area contributed by atoms with Crippen molar-refractivity contribution in [1.82, 2.24) is 9.97 Å². The van der Waals surface area contributed by atoms with E-state index in [0.29, 0.717) is 25.1 Å². The van der Waals surface area contributed by atoms with Crippen LogP contribution in [-0.2, 0) is 0 Å². The minimum atomic E-state index is -2.60. The molecule has 0 aliphatic heterocycles. The van der Waals surface area contributed by atoms with Crippen LogP contribution >= 0.6 is 0 Å². The molecular formula is C18H27F2N5O2. The summed E-state index contributed by atoms with van der Waals surface area (Å²) in [5.41, 5.74) is 5.59. The smallest absolute Gasteiger partial charge is 0.254 e. The highest BCUT2D eigenvalue weighted by Crippen LogP contribution is 2.34. The number of alkyl halides is 2. The van der Waals surface area contributed by atoms with Crippen LogP contribution in [0, 0.1) is 5.92 Å². The van der Waals surface area contributed by atoms with Crippen LogP contribution in [0.4, 0.5) is 20.5 Å². The lowest BCUT2D eigenvalue weighted by atomic mass is 9.85. The third kappa shape index (κ3) is 5.03. The standard InChI is InChI=1S/C18H27F2N5O2/c1-10-2-3-12(8-14(10)26)23-16-13(15(21)27)9-22-17(25-16)24-11-4-6-18(19,20)7-5-11/h9-12,14,26H,2-8H2,1H3,(H2,21,27)(H2,22,23,24,25)/t10-,12?,14-/m1/s1. The SMILES string of the molecule is C[C@@H]1CCC(Nc2nc(NC3CCC(F)(F)CC3)ncc2C(N)=O)C[C@H]1O. The molecule has 1 unspecified atom stereocenters. The van der Waals surface area contributed by atoms with E-state index in [0.717, 1.165) is 12.8 Å². The summed E-state index contributed by atoms with van der Waals surface area (Å²) < 4.78 is 26.6. The van der Waals surface area contributed by atoms with Gasteiger partial charge in [0.15, 0.2) is 0 Å². The number of nitrogens with zero attached hydrogens (tertiary/aromatic N) is 2. The van der Waals surface area contributed by atoms with E-state index in [4.69, 9.17) is 5.73 Å².